The number of benzene rings is 1. The van der Waals surface area contributed by atoms with E-state index in [1.807, 2.05) is 12.2 Å². The summed E-state index contributed by atoms with van der Waals surface area (Å²) in [4.78, 5) is 14.0. The largest absolute Gasteiger partial charge is 0.505 e. The van der Waals surface area contributed by atoms with Crippen molar-refractivity contribution in [2.75, 3.05) is 0 Å². The standard InChI is InChI=1S/C17H13Cl2NO3/c18-13-8-12(9-14(19)16(13)21)17(22)20-6-7-23-15(10-20)11-4-2-1-3-5-11/h1-2,4,6-10,21H,3,5H2. The van der Waals surface area contributed by atoms with E-state index in [0.29, 0.717) is 5.76 Å². The third kappa shape index (κ3) is 3.28. The molecule has 0 radical (unpaired) electrons. The second-order valence-corrected chi connectivity index (χ2v) is 5.87. The van der Waals surface area contributed by atoms with Crippen LogP contribution in [0.5, 0.6) is 5.75 Å². The van der Waals surface area contributed by atoms with Crippen molar-refractivity contribution in [2.24, 2.45) is 0 Å². The van der Waals surface area contributed by atoms with Gasteiger partial charge in [0, 0.05) is 11.8 Å². The highest BCUT2D eigenvalue weighted by molar-refractivity contribution is 6.37. The molecule has 6 heteroatoms. The van der Waals surface area contributed by atoms with Gasteiger partial charge < -0.3 is 9.84 Å². The second-order valence-electron chi connectivity index (χ2n) is 5.06. The van der Waals surface area contributed by atoms with Crippen LogP contribution in [-0.4, -0.2) is 15.9 Å². The van der Waals surface area contributed by atoms with Gasteiger partial charge in [-0.2, -0.15) is 0 Å². The summed E-state index contributed by atoms with van der Waals surface area (Å²) in [5.74, 6) is 0.0664. The lowest BCUT2D eigenvalue weighted by atomic mass is 10.0. The molecule has 0 bridgehead atoms. The third-order valence-electron chi connectivity index (χ3n) is 3.50. The smallest absolute Gasteiger partial charge is 0.262 e. The maximum Gasteiger partial charge on any atom is 0.262 e. The van der Waals surface area contributed by atoms with Gasteiger partial charge in [-0.05, 0) is 30.5 Å². The number of phenols is 1. The number of halogens is 2. The molecule has 0 saturated heterocycles. The maximum absolute atomic E-state index is 12.6. The van der Waals surface area contributed by atoms with E-state index in [1.165, 1.54) is 29.5 Å². The fraction of sp³-hybridized carbons (Fsp3) is 0.118. The molecule has 0 aromatic heterocycles. The van der Waals surface area contributed by atoms with Gasteiger partial charge in [-0.15, -0.1) is 0 Å². The molecular weight excluding hydrogens is 337 g/mol. The Bertz CT molecular complexity index is 755. The molecule has 1 amide bonds. The van der Waals surface area contributed by atoms with Crippen molar-refractivity contribution >= 4 is 29.1 Å². The van der Waals surface area contributed by atoms with E-state index >= 15 is 0 Å². The van der Waals surface area contributed by atoms with Crippen LogP contribution in [0.4, 0.5) is 0 Å². The number of aromatic hydroxyl groups is 1. The normalized spacial score (nSPS) is 16.7. The minimum atomic E-state index is -0.321. The minimum absolute atomic E-state index is 0.0300. The van der Waals surface area contributed by atoms with Gasteiger partial charge >= 0.3 is 0 Å². The Morgan fingerprint density at radius 3 is 2.65 bits per heavy atom. The lowest BCUT2D eigenvalue weighted by molar-refractivity contribution is 0.0855. The molecule has 0 spiro atoms. The van der Waals surface area contributed by atoms with Crippen molar-refractivity contribution in [3.05, 3.63) is 76.0 Å². The van der Waals surface area contributed by atoms with Crippen LogP contribution in [0.1, 0.15) is 23.2 Å². The summed E-state index contributed by atoms with van der Waals surface area (Å²) in [5, 5.41) is 9.65. The first-order chi connectivity index (χ1) is 11.1. The van der Waals surface area contributed by atoms with Crippen LogP contribution in [0.25, 0.3) is 0 Å². The van der Waals surface area contributed by atoms with E-state index in [9.17, 15) is 9.90 Å². The van der Waals surface area contributed by atoms with Crippen molar-refractivity contribution in [3.63, 3.8) is 0 Å². The molecular formula is C17H13Cl2NO3. The molecule has 0 atom stereocenters. The summed E-state index contributed by atoms with van der Waals surface area (Å²) < 4.78 is 5.49. The van der Waals surface area contributed by atoms with Gasteiger partial charge in [0.15, 0.2) is 5.75 Å². The molecule has 0 fully saturated rings. The van der Waals surface area contributed by atoms with E-state index in [4.69, 9.17) is 27.9 Å². The van der Waals surface area contributed by atoms with Crippen molar-refractivity contribution in [1.82, 2.24) is 4.90 Å². The summed E-state index contributed by atoms with van der Waals surface area (Å²) in [7, 11) is 0. The summed E-state index contributed by atoms with van der Waals surface area (Å²) >= 11 is 11.7. The third-order valence-corrected chi connectivity index (χ3v) is 4.08. The lowest BCUT2D eigenvalue weighted by Crippen LogP contribution is -2.23. The molecule has 3 rings (SSSR count). The average molecular weight is 350 g/mol. The molecule has 1 heterocycles. The Morgan fingerprint density at radius 1 is 1.26 bits per heavy atom. The first kappa shape index (κ1) is 15.7. The van der Waals surface area contributed by atoms with Crippen molar-refractivity contribution in [1.29, 1.82) is 0 Å². The molecule has 1 aromatic carbocycles. The molecule has 2 aliphatic rings. The highest BCUT2D eigenvalue weighted by Crippen LogP contribution is 2.33. The van der Waals surface area contributed by atoms with E-state index < -0.39 is 0 Å². The predicted molar refractivity (Wildman–Crippen MR) is 89.1 cm³/mol. The first-order valence-electron chi connectivity index (χ1n) is 6.98. The molecule has 118 valence electrons. The van der Waals surface area contributed by atoms with Crippen molar-refractivity contribution in [3.8, 4) is 5.75 Å². The van der Waals surface area contributed by atoms with Gasteiger partial charge in [-0.1, -0.05) is 41.4 Å². The lowest BCUT2D eigenvalue weighted by Gasteiger charge is -2.22. The molecule has 23 heavy (non-hydrogen) atoms. The van der Waals surface area contributed by atoms with Crippen molar-refractivity contribution < 1.29 is 14.6 Å². The van der Waals surface area contributed by atoms with E-state index in [0.717, 1.165) is 18.4 Å². The number of rotatable bonds is 2. The summed E-state index contributed by atoms with van der Waals surface area (Å²) in [5.41, 5.74) is 1.30. The summed E-state index contributed by atoms with van der Waals surface area (Å²) in [6, 6.07) is 2.76. The topological polar surface area (TPSA) is 49.8 Å². The molecule has 0 unspecified atom stereocenters. The monoisotopic (exact) mass is 349 g/mol. The Morgan fingerprint density at radius 2 is 2.00 bits per heavy atom. The first-order valence-corrected chi connectivity index (χ1v) is 7.74. The van der Waals surface area contributed by atoms with Crippen LogP contribution in [0.2, 0.25) is 10.0 Å². The number of amides is 1. The van der Waals surface area contributed by atoms with Crippen LogP contribution in [-0.2, 0) is 4.74 Å². The van der Waals surface area contributed by atoms with E-state index in [1.54, 1.807) is 6.20 Å². The number of carbonyl (C=O) groups is 1. The summed E-state index contributed by atoms with van der Waals surface area (Å²) in [6.45, 7) is 0. The van der Waals surface area contributed by atoms with Crippen molar-refractivity contribution in [2.45, 2.75) is 12.8 Å². The fourth-order valence-corrected chi connectivity index (χ4v) is 2.79. The Balaban J connectivity index is 1.88. The number of allylic oxidation sites excluding steroid dienone is 4. The number of carbonyl (C=O) groups excluding carboxylic acids is 1. The highest BCUT2D eigenvalue weighted by atomic mass is 35.5. The highest BCUT2D eigenvalue weighted by Gasteiger charge is 2.20. The Kier molecular flexibility index (Phi) is 4.46. The van der Waals surface area contributed by atoms with Gasteiger partial charge in [0.1, 0.15) is 12.0 Å². The predicted octanol–water partition coefficient (Wildman–Crippen LogP) is 4.76. The Hall–Kier alpha value is -2.17. The van der Waals surface area contributed by atoms with Gasteiger partial charge in [-0.3, -0.25) is 9.69 Å². The van der Waals surface area contributed by atoms with Crippen LogP contribution in [0, 0.1) is 0 Å². The molecule has 1 N–H and O–H groups in total. The van der Waals surface area contributed by atoms with Gasteiger partial charge in [0.05, 0.1) is 16.2 Å². The van der Waals surface area contributed by atoms with Crippen LogP contribution in [0.3, 0.4) is 0 Å². The number of hydrogen-bond donors (Lipinski definition) is 1. The zero-order valence-corrected chi connectivity index (χ0v) is 13.5. The number of nitrogens with zero attached hydrogens (tertiary/aromatic N) is 1. The minimum Gasteiger partial charge on any atom is -0.505 e. The zero-order valence-electron chi connectivity index (χ0n) is 12.0. The molecule has 1 aliphatic heterocycles. The molecule has 4 nitrogen and oxygen atoms in total. The number of ether oxygens (including phenoxy) is 1. The molecule has 0 saturated carbocycles. The van der Waals surface area contributed by atoms with E-state index in [-0.39, 0.29) is 27.3 Å². The van der Waals surface area contributed by atoms with Gasteiger partial charge in [-0.25, -0.2) is 0 Å². The average Bonchev–Trinajstić information content (AvgIpc) is 2.59. The maximum atomic E-state index is 12.6. The van der Waals surface area contributed by atoms with Crippen LogP contribution < -0.4 is 0 Å². The molecule has 1 aromatic rings. The Labute approximate surface area is 143 Å². The van der Waals surface area contributed by atoms with Crippen LogP contribution in [0.15, 0.2) is 60.4 Å². The molecule has 1 aliphatic carbocycles. The fourth-order valence-electron chi connectivity index (χ4n) is 2.30. The van der Waals surface area contributed by atoms with Gasteiger partial charge in [0.2, 0.25) is 0 Å². The van der Waals surface area contributed by atoms with Gasteiger partial charge in [0.25, 0.3) is 5.91 Å². The van der Waals surface area contributed by atoms with E-state index in [2.05, 4.69) is 6.08 Å². The quantitative estimate of drug-likeness (QED) is 0.837. The number of hydrogen-bond acceptors (Lipinski definition) is 3. The second kappa shape index (κ2) is 6.52. The van der Waals surface area contributed by atoms with Crippen LogP contribution >= 0.6 is 23.2 Å². The zero-order chi connectivity index (χ0) is 16.4. The summed E-state index contributed by atoms with van der Waals surface area (Å²) in [6.07, 6.45) is 12.4. The number of phenolic OH excluding ortho intramolecular Hbond substituents is 1. The SMILES string of the molecule is O=C(c1cc(Cl)c(O)c(Cl)c1)N1C=COC(C2=CC=CCC2)=C1.